The van der Waals surface area contributed by atoms with E-state index < -0.39 is 22.8 Å². The molecule has 1 heterocycles. The van der Waals surface area contributed by atoms with Crippen LogP contribution in [-0.4, -0.2) is 35.3 Å². The minimum Gasteiger partial charge on any atom is -0.497 e. The molecule has 48 heavy (non-hydrogen) atoms. The number of rotatable bonds is 12. The number of benzene rings is 3. The zero-order valence-electron chi connectivity index (χ0n) is 28.9. The number of halogens is 1. The van der Waals surface area contributed by atoms with Crippen molar-refractivity contribution in [3.05, 3.63) is 127 Å². The van der Waals surface area contributed by atoms with E-state index in [4.69, 9.17) is 4.74 Å². The Morgan fingerprint density at radius 1 is 0.833 bits per heavy atom. The quantitative estimate of drug-likeness (QED) is 0.168. The molecule has 0 bridgehead atoms. The van der Waals surface area contributed by atoms with Gasteiger partial charge in [0.2, 0.25) is 11.8 Å². The molecule has 0 aliphatic carbocycles. The molecule has 0 saturated carbocycles. The van der Waals surface area contributed by atoms with Crippen LogP contribution in [0.5, 0.6) is 5.75 Å². The Bertz CT molecular complexity index is 1860. The van der Waals surface area contributed by atoms with Gasteiger partial charge in [-0.15, -0.1) is 0 Å². The second-order valence-electron chi connectivity index (χ2n) is 13.3. The maximum absolute atomic E-state index is 14.1. The molecule has 0 saturated heterocycles. The molecule has 4 rings (SSSR count). The van der Waals surface area contributed by atoms with Gasteiger partial charge in [0.05, 0.1) is 19.1 Å². The topological polar surface area (TPSA) is 106 Å². The molecule has 1 aromatic heterocycles. The van der Waals surface area contributed by atoms with E-state index in [1.807, 2.05) is 107 Å². The number of carbonyl (C=O) groups excluding carboxylic acids is 3. The monoisotopic (exact) mass is 713 g/mol. The zero-order valence-corrected chi connectivity index (χ0v) is 30.4. The van der Waals surface area contributed by atoms with Gasteiger partial charge in [-0.25, -0.2) is 0 Å². The van der Waals surface area contributed by atoms with Crippen LogP contribution in [0.4, 0.5) is 5.69 Å². The molecule has 8 nitrogen and oxygen atoms in total. The number of ether oxygens (including phenoxy) is 1. The number of hydrogen-bond acceptors (Lipinski definition) is 5. The van der Waals surface area contributed by atoms with Crippen molar-refractivity contribution in [3.63, 3.8) is 0 Å². The minimum atomic E-state index is -1.01. The van der Waals surface area contributed by atoms with E-state index in [1.54, 1.807) is 27.2 Å². The van der Waals surface area contributed by atoms with Gasteiger partial charge in [0, 0.05) is 22.5 Å². The summed E-state index contributed by atoms with van der Waals surface area (Å²) >= 11 is 3.55. The first kappa shape index (κ1) is 36.3. The molecule has 1 atom stereocenters. The van der Waals surface area contributed by atoms with E-state index in [-0.39, 0.29) is 35.9 Å². The maximum atomic E-state index is 14.1. The van der Waals surface area contributed by atoms with E-state index in [0.717, 1.165) is 27.8 Å². The second-order valence-corrected chi connectivity index (χ2v) is 14.2. The molecule has 9 heteroatoms. The fourth-order valence-corrected chi connectivity index (χ4v) is 5.71. The molecule has 0 radical (unpaired) electrons. The molecule has 4 aromatic rings. The Kier molecular flexibility index (Phi) is 11.1. The first-order chi connectivity index (χ1) is 22.5. The Morgan fingerprint density at radius 3 is 1.94 bits per heavy atom. The van der Waals surface area contributed by atoms with Crippen LogP contribution in [0.1, 0.15) is 68.0 Å². The van der Waals surface area contributed by atoms with Crippen LogP contribution in [-0.2, 0) is 38.2 Å². The fraction of sp³-hybridized carbons (Fsp3) is 0.333. The van der Waals surface area contributed by atoms with Gasteiger partial charge in [0.1, 0.15) is 23.3 Å². The zero-order chi connectivity index (χ0) is 35.4. The maximum Gasteiger partial charge on any atom is 0.274 e. The third-order valence-corrected chi connectivity index (χ3v) is 10.00. The number of Topliss-reactive ketones (excluding diaryl/α,β-unsaturated/α-hetero) is 1. The molecule has 252 valence electrons. The molecule has 2 N–H and O–H groups in total. The molecule has 3 aromatic carbocycles. The summed E-state index contributed by atoms with van der Waals surface area (Å²) in [6, 6.07) is 21.6. The van der Waals surface area contributed by atoms with Crippen LogP contribution in [0, 0.1) is 13.8 Å². The molecule has 1 unspecified atom stereocenters. The van der Waals surface area contributed by atoms with E-state index in [9.17, 15) is 19.2 Å². The predicted octanol–water partition coefficient (Wildman–Crippen LogP) is 6.79. The third-order valence-electron chi connectivity index (χ3n) is 9.20. The normalized spacial score (nSPS) is 12.3. The van der Waals surface area contributed by atoms with Crippen LogP contribution in [0.15, 0.2) is 88.3 Å². The number of aryl methyl sites for hydroxylation is 1. The summed E-state index contributed by atoms with van der Waals surface area (Å²) in [5, 5.41) is 5.84. The summed E-state index contributed by atoms with van der Waals surface area (Å²) in [5.74, 6) is -0.102. The van der Waals surface area contributed by atoms with Crippen molar-refractivity contribution >= 4 is 39.2 Å². The van der Waals surface area contributed by atoms with Crippen molar-refractivity contribution in [2.24, 2.45) is 0 Å². The van der Waals surface area contributed by atoms with Gasteiger partial charge in [-0.2, -0.15) is 0 Å². The highest BCUT2D eigenvalue weighted by molar-refractivity contribution is 9.10. The van der Waals surface area contributed by atoms with Crippen molar-refractivity contribution < 1.29 is 19.1 Å². The van der Waals surface area contributed by atoms with Gasteiger partial charge in [-0.1, -0.05) is 66.2 Å². The molecule has 0 spiro atoms. The van der Waals surface area contributed by atoms with E-state index in [2.05, 4.69) is 26.6 Å². The van der Waals surface area contributed by atoms with Gasteiger partial charge in [-0.3, -0.25) is 19.2 Å². The smallest absolute Gasteiger partial charge is 0.274 e. The highest BCUT2D eigenvalue weighted by atomic mass is 79.9. The van der Waals surface area contributed by atoms with E-state index in [1.165, 1.54) is 4.57 Å². The number of anilines is 1. The van der Waals surface area contributed by atoms with Gasteiger partial charge in [0.25, 0.3) is 5.56 Å². The summed E-state index contributed by atoms with van der Waals surface area (Å²) in [4.78, 5) is 53.9. The Balaban J connectivity index is 1.67. The number of hydrogen-bond donors (Lipinski definition) is 2. The van der Waals surface area contributed by atoms with Crippen LogP contribution in [0.25, 0.3) is 0 Å². The lowest BCUT2D eigenvalue weighted by Gasteiger charge is -2.28. The molecule has 0 fully saturated rings. The van der Waals surface area contributed by atoms with Gasteiger partial charge in [-0.05, 0) is 104 Å². The number of nitrogens with zero attached hydrogens (tertiary/aromatic N) is 1. The Morgan fingerprint density at radius 2 is 1.38 bits per heavy atom. The lowest BCUT2D eigenvalue weighted by molar-refractivity contribution is -0.129. The Hall–Kier alpha value is -4.50. The number of pyridine rings is 1. The number of nitrogens with one attached hydrogen (secondary N) is 2. The minimum absolute atomic E-state index is 0.0418. The molecule has 0 aliphatic heterocycles. The molecule has 2 amide bonds. The largest absolute Gasteiger partial charge is 0.497 e. The summed E-state index contributed by atoms with van der Waals surface area (Å²) in [6.45, 7) is 12.9. The average molecular weight is 715 g/mol. The molecular formula is C39H44BrN3O5. The average Bonchev–Trinajstić information content (AvgIpc) is 3.05. The summed E-state index contributed by atoms with van der Waals surface area (Å²) in [5.41, 5.74) is 3.12. The first-order valence-corrected chi connectivity index (χ1v) is 16.7. The second kappa shape index (κ2) is 14.7. The standard InChI is InChI=1S/C39H44BrN3O5/c1-24-9-15-30(16-10-24)39(6,7)37(47)41-33(21-27-11-17-29(18-12-27)38(4,5)26(3)44)35(45)42-34-25(2)32(40)23-43(36(34)46)22-28-13-19-31(48-8)20-14-28/h9-20,23,33H,21-22H2,1-8H3,(H,41,47)(H,42,45). The predicted molar refractivity (Wildman–Crippen MR) is 194 cm³/mol. The number of amides is 2. The van der Waals surface area contributed by atoms with Crippen LogP contribution in [0.2, 0.25) is 0 Å². The van der Waals surface area contributed by atoms with Crippen molar-refractivity contribution in [1.82, 2.24) is 9.88 Å². The molecule has 0 aliphatic rings. The number of carbonyl (C=O) groups is 3. The SMILES string of the molecule is COc1ccc(Cn2cc(Br)c(C)c(NC(=O)C(Cc3ccc(C(C)(C)C(C)=O)cc3)NC(=O)C(C)(C)c3ccc(C)cc3)c2=O)cc1. The Labute approximate surface area is 291 Å². The van der Waals surface area contributed by atoms with Crippen molar-refractivity contribution in [1.29, 1.82) is 0 Å². The van der Waals surface area contributed by atoms with Crippen molar-refractivity contribution in [3.8, 4) is 5.75 Å². The highest BCUT2D eigenvalue weighted by Gasteiger charge is 2.34. The summed E-state index contributed by atoms with van der Waals surface area (Å²) < 4.78 is 7.42. The third kappa shape index (κ3) is 8.13. The number of aromatic nitrogens is 1. The van der Waals surface area contributed by atoms with E-state index >= 15 is 0 Å². The van der Waals surface area contributed by atoms with Crippen molar-refractivity contribution in [2.45, 2.75) is 78.3 Å². The van der Waals surface area contributed by atoms with Crippen LogP contribution in [0.3, 0.4) is 0 Å². The summed E-state index contributed by atoms with van der Waals surface area (Å²) in [7, 11) is 1.59. The fourth-order valence-electron chi connectivity index (χ4n) is 5.26. The van der Waals surface area contributed by atoms with Crippen molar-refractivity contribution in [2.75, 3.05) is 12.4 Å². The van der Waals surface area contributed by atoms with Gasteiger partial charge < -0.3 is 19.9 Å². The van der Waals surface area contributed by atoms with Crippen LogP contribution < -0.4 is 20.9 Å². The number of methoxy groups -OCH3 is 1. The van der Waals surface area contributed by atoms with E-state index in [0.29, 0.717) is 15.8 Å². The lowest BCUT2D eigenvalue weighted by Crippen LogP contribution is -2.51. The highest BCUT2D eigenvalue weighted by Crippen LogP contribution is 2.27. The van der Waals surface area contributed by atoms with Crippen LogP contribution >= 0.6 is 15.9 Å². The first-order valence-electron chi connectivity index (χ1n) is 15.9. The number of ketones is 1. The lowest BCUT2D eigenvalue weighted by atomic mass is 9.81. The summed E-state index contributed by atoms with van der Waals surface area (Å²) in [6.07, 6.45) is 1.86. The van der Waals surface area contributed by atoms with Gasteiger partial charge in [0.15, 0.2) is 0 Å². The molecular weight excluding hydrogens is 670 g/mol. The van der Waals surface area contributed by atoms with Gasteiger partial charge >= 0.3 is 0 Å².